The molecular formula is C26H25NO10. The summed E-state index contributed by atoms with van der Waals surface area (Å²) in [6, 6.07) is 12.6. The average molecular weight is 511 g/mol. The van der Waals surface area contributed by atoms with Gasteiger partial charge in [0.15, 0.2) is 12.2 Å². The van der Waals surface area contributed by atoms with Gasteiger partial charge in [-0.3, -0.25) is 24.0 Å². The van der Waals surface area contributed by atoms with Crippen LogP contribution in [0.15, 0.2) is 48.5 Å². The molecule has 2 aromatic carbocycles. The third kappa shape index (κ3) is 5.31. The van der Waals surface area contributed by atoms with Crippen LogP contribution in [0.3, 0.4) is 0 Å². The zero-order valence-electron chi connectivity index (χ0n) is 20.5. The van der Waals surface area contributed by atoms with Crippen molar-refractivity contribution in [3.8, 4) is 5.75 Å². The summed E-state index contributed by atoms with van der Waals surface area (Å²) < 4.78 is 27.8. The lowest BCUT2D eigenvalue weighted by Crippen LogP contribution is -2.62. The SMILES string of the molecule is CC(=O)OC1C(OC(C)=O)[C@@H](OC(C)=O)C(C)O[C@H]1Oc1ccc(N2C(=O)c3ccccc3C2=O)cc1. The molecule has 37 heavy (non-hydrogen) atoms. The number of imide groups is 1. The van der Waals surface area contributed by atoms with Crippen molar-refractivity contribution in [2.45, 2.75) is 58.4 Å². The summed E-state index contributed by atoms with van der Waals surface area (Å²) in [5.41, 5.74) is 0.974. The van der Waals surface area contributed by atoms with E-state index in [9.17, 15) is 24.0 Å². The molecule has 2 heterocycles. The average Bonchev–Trinajstić information content (AvgIpc) is 3.09. The van der Waals surface area contributed by atoms with Gasteiger partial charge in [0.25, 0.3) is 11.8 Å². The van der Waals surface area contributed by atoms with Gasteiger partial charge < -0.3 is 23.7 Å². The van der Waals surface area contributed by atoms with Gasteiger partial charge in [0.1, 0.15) is 5.75 Å². The van der Waals surface area contributed by atoms with E-state index in [1.165, 1.54) is 38.1 Å². The standard InChI is InChI=1S/C26H25NO10/c1-13-21(34-14(2)28)22(35-15(3)29)23(36-16(4)30)26(33-13)37-18-11-9-17(10-12-18)27-24(31)19-7-5-6-8-20(19)25(27)32/h5-13,21-23,26H,1-4H3/t13?,21-,22?,23?,26-/m0/s1. The van der Waals surface area contributed by atoms with Crippen LogP contribution in [-0.2, 0) is 33.3 Å². The second-order valence-corrected chi connectivity index (χ2v) is 8.53. The maximum atomic E-state index is 12.8. The van der Waals surface area contributed by atoms with Gasteiger partial charge in [-0.2, -0.15) is 0 Å². The third-order valence-electron chi connectivity index (χ3n) is 5.77. The maximum Gasteiger partial charge on any atom is 0.303 e. The zero-order chi connectivity index (χ0) is 26.9. The lowest BCUT2D eigenvalue weighted by atomic mass is 9.99. The molecule has 0 spiro atoms. The third-order valence-corrected chi connectivity index (χ3v) is 5.77. The molecule has 11 nitrogen and oxygen atoms in total. The second-order valence-electron chi connectivity index (χ2n) is 8.53. The van der Waals surface area contributed by atoms with Crippen molar-refractivity contribution >= 4 is 35.4 Å². The van der Waals surface area contributed by atoms with Crippen molar-refractivity contribution < 1.29 is 47.7 Å². The molecule has 1 saturated heterocycles. The van der Waals surface area contributed by atoms with Gasteiger partial charge in [-0.1, -0.05) is 12.1 Å². The molecule has 0 N–H and O–H groups in total. The molecular weight excluding hydrogens is 486 g/mol. The van der Waals surface area contributed by atoms with Crippen molar-refractivity contribution in [1.29, 1.82) is 0 Å². The molecule has 194 valence electrons. The lowest BCUT2D eigenvalue weighted by Gasteiger charge is -2.43. The van der Waals surface area contributed by atoms with Crippen molar-refractivity contribution in [3.05, 3.63) is 59.7 Å². The first kappa shape index (κ1) is 25.8. The van der Waals surface area contributed by atoms with Gasteiger partial charge in [-0.05, 0) is 43.3 Å². The fourth-order valence-electron chi connectivity index (χ4n) is 4.30. The number of rotatable bonds is 6. The van der Waals surface area contributed by atoms with Crippen LogP contribution in [0.2, 0.25) is 0 Å². The molecule has 3 unspecified atom stereocenters. The highest BCUT2D eigenvalue weighted by Gasteiger charge is 2.51. The second kappa shape index (κ2) is 10.4. The van der Waals surface area contributed by atoms with Crippen LogP contribution in [0.1, 0.15) is 48.4 Å². The molecule has 5 atom stereocenters. The van der Waals surface area contributed by atoms with Crippen LogP contribution in [-0.4, -0.2) is 60.4 Å². The normalized spacial score (nSPS) is 24.8. The molecule has 2 amide bonds. The smallest absolute Gasteiger partial charge is 0.303 e. The van der Waals surface area contributed by atoms with Gasteiger partial charge in [0, 0.05) is 20.8 Å². The van der Waals surface area contributed by atoms with Crippen LogP contribution in [0, 0.1) is 0 Å². The predicted octanol–water partition coefficient (Wildman–Crippen LogP) is 2.41. The quantitative estimate of drug-likeness (QED) is 0.323. The Kier molecular flexibility index (Phi) is 7.25. The number of amides is 2. The first-order chi connectivity index (χ1) is 17.6. The molecule has 0 aromatic heterocycles. The Labute approximate surface area is 212 Å². The Bertz CT molecular complexity index is 1210. The molecule has 2 aromatic rings. The van der Waals surface area contributed by atoms with Gasteiger partial charge in [-0.15, -0.1) is 0 Å². The van der Waals surface area contributed by atoms with Crippen LogP contribution in [0.25, 0.3) is 0 Å². The van der Waals surface area contributed by atoms with Gasteiger partial charge in [0.05, 0.1) is 22.9 Å². The number of carbonyl (C=O) groups is 5. The van der Waals surface area contributed by atoms with Crippen molar-refractivity contribution in [2.75, 3.05) is 4.90 Å². The Morgan fingerprint density at radius 1 is 0.730 bits per heavy atom. The van der Waals surface area contributed by atoms with E-state index >= 15 is 0 Å². The molecule has 11 heteroatoms. The molecule has 0 radical (unpaired) electrons. The number of fused-ring (bicyclic) bond motifs is 1. The van der Waals surface area contributed by atoms with Gasteiger partial charge in [0.2, 0.25) is 12.4 Å². The van der Waals surface area contributed by atoms with Gasteiger partial charge >= 0.3 is 17.9 Å². The lowest BCUT2D eigenvalue weighted by molar-refractivity contribution is -0.280. The predicted molar refractivity (Wildman–Crippen MR) is 126 cm³/mol. The van der Waals surface area contributed by atoms with Crippen LogP contribution < -0.4 is 9.64 Å². The first-order valence-corrected chi connectivity index (χ1v) is 11.5. The number of hydrogen-bond donors (Lipinski definition) is 0. The monoisotopic (exact) mass is 511 g/mol. The van der Waals surface area contributed by atoms with Crippen molar-refractivity contribution in [3.63, 3.8) is 0 Å². The summed E-state index contributed by atoms with van der Waals surface area (Å²) in [5.74, 6) is -2.64. The Balaban J connectivity index is 1.57. The number of esters is 3. The summed E-state index contributed by atoms with van der Waals surface area (Å²) in [5, 5.41) is 0. The number of benzene rings is 2. The highest BCUT2D eigenvalue weighted by atomic mass is 16.7. The van der Waals surface area contributed by atoms with E-state index in [0.29, 0.717) is 16.8 Å². The molecule has 0 saturated carbocycles. The van der Waals surface area contributed by atoms with E-state index in [4.69, 9.17) is 23.7 Å². The molecule has 2 aliphatic rings. The van der Waals surface area contributed by atoms with E-state index in [1.807, 2.05) is 0 Å². The summed E-state index contributed by atoms with van der Waals surface area (Å²) in [6.07, 6.45) is -5.54. The summed E-state index contributed by atoms with van der Waals surface area (Å²) in [6.45, 7) is 5.12. The number of hydrogen-bond acceptors (Lipinski definition) is 10. The minimum absolute atomic E-state index is 0.252. The molecule has 2 aliphatic heterocycles. The summed E-state index contributed by atoms with van der Waals surface area (Å²) >= 11 is 0. The van der Waals surface area contributed by atoms with Crippen molar-refractivity contribution in [2.24, 2.45) is 0 Å². The molecule has 1 fully saturated rings. The summed E-state index contributed by atoms with van der Waals surface area (Å²) in [4.78, 5) is 61.9. The highest BCUT2D eigenvalue weighted by molar-refractivity contribution is 6.34. The van der Waals surface area contributed by atoms with Crippen molar-refractivity contribution in [1.82, 2.24) is 0 Å². The zero-order valence-corrected chi connectivity index (χ0v) is 20.5. The van der Waals surface area contributed by atoms with E-state index < -0.39 is 60.4 Å². The number of ether oxygens (including phenoxy) is 5. The van der Waals surface area contributed by atoms with Crippen LogP contribution in [0.5, 0.6) is 5.75 Å². The van der Waals surface area contributed by atoms with Crippen LogP contribution in [0.4, 0.5) is 5.69 Å². The minimum atomic E-state index is -1.27. The Morgan fingerprint density at radius 3 is 1.73 bits per heavy atom. The van der Waals surface area contributed by atoms with E-state index in [-0.39, 0.29) is 5.75 Å². The maximum absolute atomic E-state index is 12.8. The Morgan fingerprint density at radius 2 is 1.22 bits per heavy atom. The van der Waals surface area contributed by atoms with E-state index in [0.717, 1.165) is 11.8 Å². The number of carbonyl (C=O) groups excluding carboxylic acids is 5. The fourth-order valence-corrected chi connectivity index (χ4v) is 4.30. The first-order valence-electron chi connectivity index (χ1n) is 11.5. The number of nitrogens with zero attached hydrogens (tertiary/aromatic N) is 1. The van der Waals surface area contributed by atoms with Gasteiger partial charge in [-0.25, -0.2) is 4.90 Å². The van der Waals surface area contributed by atoms with E-state index in [2.05, 4.69) is 0 Å². The minimum Gasteiger partial charge on any atom is -0.461 e. The topological polar surface area (TPSA) is 135 Å². The molecule has 0 aliphatic carbocycles. The van der Waals surface area contributed by atoms with Crippen LogP contribution >= 0.6 is 0 Å². The number of anilines is 1. The summed E-state index contributed by atoms with van der Waals surface area (Å²) in [7, 11) is 0. The molecule has 4 rings (SSSR count). The largest absolute Gasteiger partial charge is 0.461 e. The van der Waals surface area contributed by atoms with E-state index in [1.54, 1.807) is 31.2 Å². The fraction of sp³-hybridized carbons (Fsp3) is 0.346. The molecule has 0 bridgehead atoms. The highest BCUT2D eigenvalue weighted by Crippen LogP contribution is 2.33. The Hall–Kier alpha value is -4.25.